The molecule has 28 heavy (non-hydrogen) atoms. The van der Waals surface area contributed by atoms with Crippen molar-refractivity contribution in [3.05, 3.63) is 45.5 Å². The third kappa shape index (κ3) is 3.73. The Balaban J connectivity index is 1.44. The van der Waals surface area contributed by atoms with Crippen LogP contribution in [-0.2, 0) is 24.2 Å². The number of aromatic nitrogens is 2. The van der Waals surface area contributed by atoms with E-state index in [0.29, 0.717) is 27.8 Å². The lowest BCUT2D eigenvalue weighted by Gasteiger charge is -2.08. The van der Waals surface area contributed by atoms with E-state index >= 15 is 0 Å². The fourth-order valence-corrected chi connectivity index (χ4v) is 4.34. The lowest BCUT2D eigenvalue weighted by molar-refractivity contribution is 0.0435. The molecule has 0 saturated heterocycles. The standard InChI is InChI=1S/C20H20N2O5S/c1-24-13-7-8-14(15(10-13)25-2)19-21-18(27-22-19)11-26-20(23)17-9-12-5-3-4-6-16(12)28-17/h7-10H,3-6,11H2,1-2H3. The molecule has 0 saturated carbocycles. The lowest BCUT2D eigenvalue weighted by atomic mass is 9.99. The molecule has 0 N–H and O–H groups in total. The van der Waals surface area contributed by atoms with E-state index in [9.17, 15) is 4.79 Å². The second-order valence-corrected chi connectivity index (χ2v) is 7.56. The van der Waals surface area contributed by atoms with E-state index in [2.05, 4.69) is 10.1 Å². The van der Waals surface area contributed by atoms with Crippen molar-refractivity contribution in [3.8, 4) is 22.9 Å². The molecule has 0 radical (unpaired) electrons. The van der Waals surface area contributed by atoms with Crippen molar-refractivity contribution < 1.29 is 23.5 Å². The average molecular weight is 400 g/mol. The van der Waals surface area contributed by atoms with Gasteiger partial charge in [0.25, 0.3) is 5.89 Å². The van der Waals surface area contributed by atoms with Crippen molar-refractivity contribution in [1.82, 2.24) is 10.1 Å². The van der Waals surface area contributed by atoms with E-state index in [1.54, 1.807) is 32.4 Å². The SMILES string of the molecule is COc1ccc(-c2noc(COC(=O)c3cc4c(s3)CCCC4)n2)c(OC)c1. The number of benzene rings is 1. The van der Waals surface area contributed by atoms with Crippen LogP contribution in [0, 0.1) is 0 Å². The number of esters is 1. The summed E-state index contributed by atoms with van der Waals surface area (Å²) >= 11 is 1.52. The van der Waals surface area contributed by atoms with Crippen LogP contribution in [0.4, 0.5) is 0 Å². The number of thiophene rings is 1. The van der Waals surface area contributed by atoms with Crippen LogP contribution in [-0.4, -0.2) is 30.3 Å². The average Bonchev–Trinajstić information content (AvgIpc) is 3.38. The minimum atomic E-state index is -0.360. The minimum Gasteiger partial charge on any atom is -0.497 e. The second-order valence-electron chi connectivity index (χ2n) is 6.42. The molecule has 8 heteroatoms. The minimum absolute atomic E-state index is 0.0765. The number of rotatable bonds is 6. The number of aryl methyl sites for hydroxylation is 2. The zero-order chi connectivity index (χ0) is 19.5. The molecule has 2 aromatic heterocycles. The molecule has 0 spiro atoms. The highest BCUT2D eigenvalue weighted by atomic mass is 32.1. The molecule has 0 fully saturated rings. The van der Waals surface area contributed by atoms with Crippen molar-refractivity contribution in [2.75, 3.05) is 14.2 Å². The molecule has 0 atom stereocenters. The summed E-state index contributed by atoms with van der Waals surface area (Å²) in [6, 6.07) is 7.26. The molecule has 4 rings (SSSR count). The van der Waals surface area contributed by atoms with Crippen molar-refractivity contribution in [2.24, 2.45) is 0 Å². The van der Waals surface area contributed by atoms with E-state index in [1.165, 1.54) is 34.6 Å². The fourth-order valence-electron chi connectivity index (χ4n) is 3.20. The molecule has 7 nitrogen and oxygen atoms in total. The van der Waals surface area contributed by atoms with Crippen molar-refractivity contribution in [2.45, 2.75) is 32.3 Å². The van der Waals surface area contributed by atoms with Gasteiger partial charge in [0.05, 0.1) is 19.8 Å². The summed E-state index contributed by atoms with van der Waals surface area (Å²) < 4.78 is 21.1. The first-order chi connectivity index (χ1) is 13.7. The third-order valence-corrected chi connectivity index (χ3v) is 5.86. The largest absolute Gasteiger partial charge is 0.497 e. The van der Waals surface area contributed by atoms with Gasteiger partial charge in [0.2, 0.25) is 5.82 Å². The fraction of sp³-hybridized carbons (Fsp3) is 0.350. The Bertz CT molecular complexity index is 971. The maximum atomic E-state index is 12.3. The smallest absolute Gasteiger partial charge is 0.348 e. The summed E-state index contributed by atoms with van der Waals surface area (Å²) in [5, 5.41) is 3.96. The summed E-state index contributed by atoms with van der Waals surface area (Å²) in [5.41, 5.74) is 1.94. The van der Waals surface area contributed by atoms with E-state index in [4.69, 9.17) is 18.7 Å². The monoisotopic (exact) mass is 400 g/mol. The van der Waals surface area contributed by atoms with Crippen molar-refractivity contribution in [1.29, 1.82) is 0 Å². The van der Waals surface area contributed by atoms with E-state index in [-0.39, 0.29) is 18.5 Å². The Morgan fingerprint density at radius 2 is 2.04 bits per heavy atom. The van der Waals surface area contributed by atoms with E-state index in [1.807, 2.05) is 6.07 Å². The Kier molecular flexibility index (Phi) is 5.29. The third-order valence-electron chi connectivity index (χ3n) is 4.64. The molecule has 1 aliphatic rings. The highest BCUT2D eigenvalue weighted by molar-refractivity contribution is 7.14. The maximum Gasteiger partial charge on any atom is 0.348 e. The van der Waals surface area contributed by atoms with Gasteiger partial charge in [-0.1, -0.05) is 5.16 Å². The zero-order valence-electron chi connectivity index (χ0n) is 15.7. The highest BCUT2D eigenvalue weighted by Crippen LogP contribution is 2.32. The lowest BCUT2D eigenvalue weighted by Crippen LogP contribution is -2.03. The quantitative estimate of drug-likeness (QED) is 0.577. The first-order valence-corrected chi connectivity index (χ1v) is 9.83. The van der Waals surface area contributed by atoms with Gasteiger partial charge < -0.3 is 18.7 Å². The maximum absolute atomic E-state index is 12.3. The summed E-state index contributed by atoms with van der Waals surface area (Å²) in [6.45, 7) is -0.0765. The van der Waals surface area contributed by atoms with Gasteiger partial charge in [0.15, 0.2) is 6.61 Å². The number of nitrogens with zero attached hydrogens (tertiary/aromatic N) is 2. The molecule has 0 unspecified atom stereocenters. The molecular weight excluding hydrogens is 380 g/mol. The van der Waals surface area contributed by atoms with Crippen LogP contribution in [0.15, 0.2) is 28.8 Å². The van der Waals surface area contributed by atoms with Gasteiger partial charge in [-0.05, 0) is 49.4 Å². The van der Waals surface area contributed by atoms with Crippen LogP contribution >= 0.6 is 11.3 Å². The van der Waals surface area contributed by atoms with E-state index in [0.717, 1.165) is 12.8 Å². The normalized spacial score (nSPS) is 13.1. The number of hydrogen-bond donors (Lipinski definition) is 0. The van der Waals surface area contributed by atoms with Gasteiger partial charge >= 0.3 is 5.97 Å². The number of ether oxygens (including phenoxy) is 3. The number of fused-ring (bicyclic) bond motifs is 1. The van der Waals surface area contributed by atoms with Crippen LogP contribution in [0.2, 0.25) is 0 Å². The molecule has 146 valence electrons. The van der Waals surface area contributed by atoms with Crippen LogP contribution in [0.25, 0.3) is 11.4 Å². The van der Waals surface area contributed by atoms with Gasteiger partial charge in [0, 0.05) is 10.9 Å². The number of carbonyl (C=O) groups excluding carboxylic acids is 1. The molecule has 0 aliphatic heterocycles. The Morgan fingerprint density at radius 1 is 1.18 bits per heavy atom. The molecule has 0 amide bonds. The second kappa shape index (κ2) is 8.02. The Morgan fingerprint density at radius 3 is 2.82 bits per heavy atom. The van der Waals surface area contributed by atoms with Crippen LogP contribution in [0.1, 0.15) is 38.8 Å². The number of hydrogen-bond acceptors (Lipinski definition) is 8. The van der Waals surface area contributed by atoms with Gasteiger partial charge in [-0.2, -0.15) is 4.98 Å². The van der Waals surface area contributed by atoms with Gasteiger partial charge in [-0.3, -0.25) is 0 Å². The predicted octanol–water partition coefficient (Wildman–Crippen LogP) is 4.05. The van der Waals surface area contributed by atoms with Crippen LogP contribution in [0.3, 0.4) is 0 Å². The number of carbonyl (C=O) groups is 1. The first kappa shape index (κ1) is 18.5. The Hall–Kier alpha value is -2.87. The highest BCUT2D eigenvalue weighted by Gasteiger charge is 2.20. The van der Waals surface area contributed by atoms with Crippen LogP contribution in [0.5, 0.6) is 11.5 Å². The molecule has 0 bridgehead atoms. The molecule has 1 aromatic carbocycles. The number of methoxy groups -OCH3 is 2. The van der Waals surface area contributed by atoms with Gasteiger partial charge in [-0.25, -0.2) is 4.79 Å². The van der Waals surface area contributed by atoms with Gasteiger partial charge in [0.1, 0.15) is 16.4 Å². The van der Waals surface area contributed by atoms with Crippen molar-refractivity contribution >= 4 is 17.3 Å². The molecule has 3 aromatic rings. The Labute approximate surface area is 166 Å². The van der Waals surface area contributed by atoms with Crippen LogP contribution < -0.4 is 9.47 Å². The summed E-state index contributed by atoms with van der Waals surface area (Å²) in [7, 11) is 3.14. The summed E-state index contributed by atoms with van der Waals surface area (Å²) in [4.78, 5) is 18.6. The molecule has 2 heterocycles. The summed E-state index contributed by atoms with van der Waals surface area (Å²) in [6.07, 6.45) is 4.44. The zero-order valence-corrected chi connectivity index (χ0v) is 16.5. The van der Waals surface area contributed by atoms with Crippen molar-refractivity contribution in [3.63, 3.8) is 0 Å². The predicted molar refractivity (Wildman–Crippen MR) is 103 cm³/mol. The molecular formula is C20H20N2O5S. The van der Waals surface area contributed by atoms with Gasteiger partial charge in [-0.15, -0.1) is 11.3 Å². The first-order valence-electron chi connectivity index (χ1n) is 9.01. The van der Waals surface area contributed by atoms with E-state index < -0.39 is 0 Å². The summed E-state index contributed by atoms with van der Waals surface area (Å²) in [5.74, 6) is 1.45. The molecule has 1 aliphatic carbocycles. The topological polar surface area (TPSA) is 83.7 Å².